The maximum Gasteiger partial charge on any atom is 0.253 e. The second kappa shape index (κ2) is 6.06. The third-order valence-corrected chi connectivity index (χ3v) is 3.04. The molecule has 5 nitrogen and oxygen atoms in total. The molecule has 1 atom stereocenters. The Morgan fingerprint density at radius 2 is 2.20 bits per heavy atom. The molecule has 104 valence electrons. The summed E-state index contributed by atoms with van der Waals surface area (Å²) in [7, 11) is 1.55. The van der Waals surface area contributed by atoms with Crippen molar-refractivity contribution in [1.29, 1.82) is 0 Å². The summed E-state index contributed by atoms with van der Waals surface area (Å²) >= 11 is 0. The third kappa shape index (κ3) is 3.06. The summed E-state index contributed by atoms with van der Waals surface area (Å²) in [5, 5.41) is 2.89. The maximum absolute atomic E-state index is 12.3. The standard InChI is InChI=1S/C15H17N3O2/c1-10(11-4-3-7-17-9-11)18-15(19)13-8-12(20-2)5-6-14(13)16/h3-10H,16H2,1-2H3,(H,18,19)/t10-/m0/s1. The van der Waals surface area contributed by atoms with Crippen LogP contribution >= 0.6 is 0 Å². The summed E-state index contributed by atoms with van der Waals surface area (Å²) in [5.74, 6) is 0.358. The number of benzene rings is 1. The molecule has 5 heteroatoms. The second-order valence-electron chi connectivity index (χ2n) is 4.43. The van der Waals surface area contributed by atoms with Gasteiger partial charge < -0.3 is 15.8 Å². The van der Waals surface area contributed by atoms with Gasteiger partial charge in [-0.15, -0.1) is 0 Å². The summed E-state index contributed by atoms with van der Waals surface area (Å²) < 4.78 is 5.10. The predicted octanol–water partition coefficient (Wildman–Crippen LogP) is 2.16. The van der Waals surface area contributed by atoms with Gasteiger partial charge in [0.05, 0.1) is 18.7 Å². The Labute approximate surface area is 117 Å². The summed E-state index contributed by atoms with van der Waals surface area (Å²) in [6, 6.07) is 8.59. The lowest BCUT2D eigenvalue weighted by atomic mass is 10.1. The van der Waals surface area contributed by atoms with Crippen LogP contribution in [-0.4, -0.2) is 18.0 Å². The molecule has 0 unspecified atom stereocenters. The predicted molar refractivity (Wildman–Crippen MR) is 77.5 cm³/mol. The largest absolute Gasteiger partial charge is 0.497 e. The Kier molecular flexibility index (Phi) is 4.20. The molecule has 0 aliphatic rings. The van der Waals surface area contributed by atoms with E-state index >= 15 is 0 Å². The number of carbonyl (C=O) groups is 1. The number of pyridine rings is 1. The van der Waals surface area contributed by atoms with Crippen LogP contribution < -0.4 is 15.8 Å². The Morgan fingerprint density at radius 1 is 1.40 bits per heavy atom. The summed E-state index contributed by atoms with van der Waals surface area (Å²) in [6.07, 6.45) is 3.41. The summed E-state index contributed by atoms with van der Waals surface area (Å²) in [6.45, 7) is 1.89. The number of aromatic nitrogens is 1. The average molecular weight is 271 g/mol. The molecule has 0 fully saturated rings. The minimum atomic E-state index is -0.238. The number of hydrogen-bond acceptors (Lipinski definition) is 4. The molecule has 0 radical (unpaired) electrons. The van der Waals surface area contributed by atoms with Crippen LogP contribution in [-0.2, 0) is 0 Å². The highest BCUT2D eigenvalue weighted by Crippen LogP contribution is 2.20. The van der Waals surface area contributed by atoms with Gasteiger partial charge in [0, 0.05) is 18.1 Å². The lowest BCUT2D eigenvalue weighted by Crippen LogP contribution is -2.27. The van der Waals surface area contributed by atoms with E-state index in [0.717, 1.165) is 5.56 Å². The second-order valence-corrected chi connectivity index (χ2v) is 4.43. The summed E-state index contributed by atoms with van der Waals surface area (Å²) in [5.41, 5.74) is 7.58. The van der Waals surface area contributed by atoms with Gasteiger partial charge in [-0.25, -0.2) is 0 Å². The molecule has 0 spiro atoms. The Morgan fingerprint density at radius 3 is 2.85 bits per heavy atom. The number of ether oxygens (including phenoxy) is 1. The van der Waals surface area contributed by atoms with E-state index < -0.39 is 0 Å². The van der Waals surface area contributed by atoms with Crippen LogP contribution in [0.3, 0.4) is 0 Å². The van der Waals surface area contributed by atoms with Gasteiger partial charge >= 0.3 is 0 Å². The van der Waals surface area contributed by atoms with Crippen molar-refractivity contribution in [3.8, 4) is 5.75 Å². The van der Waals surface area contributed by atoms with Gasteiger partial charge in [0.25, 0.3) is 5.91 Å². The lowest BCUT2D eigenvalue weighted by Gasteiger charge is -2.15. The molecule has 0 aliphatic carbocycles. The quantitative estimate of drug-likeness (QED) is 0.835. The van der Waals surface area contributed by atoms with Gasteiger partial charge in [-0.05, 0) is 36.8 Å². The fraction of sp³-hybridized carbons (Fsp3) is 0.200. The number of hydrogen-bond donors (Lipinski definition) is 2. The first-order valence-corrected chi connectivity index (χ1v) is 6.26. The van der Waals surface area contributed by atoms with E-state index in [1.54, 1.807) is 37.7 Å². The van der Waals surface area contributed by atoms with Crippen molar-refractivity contribution in [1.82, 2.24) is 10.3 Å². The Balaban J connectivity index is 2.16. The lowest BCUT2D eigenvalue weighted by molar-refractivity contribution is 0.0940. The third-order valence-electron chi connectivity index (χ3n) is 3.04. The first-order chi connectivity index (χ1) is 9.61. The minimum absolute atomic E-state index is 0.151. The zero-order valence-corrected chi connectivity index (χ0v) is 11.5. The summed E-state index contributed by atoms with van der Waals surface area (Å²) in [4.78, 5) is 16.3. The van der Waals surface area contributed by atoms with Crippen molar-refractivity contribution >= 4 is 11.6 Å². The molecule has 3 N–H and O–H groups in total. The smallest absolute Gasteiger partial charge is 0.253 e. The topological polar surface area (TPSA) is 77.2 Å². The van der Waals surface area contributed by atoms with Crippen molar-refractivity contribution in [3.63, 3.8) is 0 Å². The van der Waals surface area contributed by atoms with Gasteiger partial charge in [0.1, 0.15) is 5.75 Å². The molecule has 0 bridgehead atoms. The molecule has 2 aromatic rings. The average Bonchev–Trinajstić information content (AvgIpc) is 2.48. The molecule has 20 heavy (non-hydrogen) atoms. The van der Waals surface area contributed by atoms with E-state index in [2.05, 4.69) is 10.3 Å². The number of carbonyl (C=O) groups excluding carboxylic acids is 1. The van der Waals surface area contributed by atoms with Crippen molar-refractivity contribution in [2.45, 2.75) is 13.0 Å². The molecule has 0 saturated heterocycles. The highest BCUT2D eigenvalue weighted by Gasteiger charge is 2.14. The number of nitrogens with two attached hydrogens (primary N) is 1. The normalized spacial score (nSPS) is 11.7. The van der Waals surface area contributed by atoms with Crippen LogP contribution in [0, 0.1) is 0 Å². The Hall–Kier alpha value is -2.56. The van der Waals surface area contributed by atoms with E-state index in [-0.39, 0.29) is 11.9 Å². The first-order valence-electron chi connectivity index (χ1n) is 6.26. The van der Waals surface area contributed by atoms with Crippen LogP contribution in [0.5, 0.6) is 5.75 Å². The first kappa shape index (κ1) is 13.9. The van der Waals surface area contributed by atoms with E-state index in [0.29, 0.717) is 17.0 Å². The fourth-order valence-electron chi connectivity index (χ4n) is 1.85. The number of rotatable bonds is 4. The SMILES string of the molecule is COc1ccc(N)c(C(=O)N[C@@H](C)c2cccnc2)c1. The van der Waals surface area contributed by atoms with Crippen LogP contribution in [0.25, 0.3) is 0 Å². The van der Waals surface area contributed by atoms with Gasteiger partial charge in [0.15, 0.2) is 0 Å². The fourth-order valence-corrected chi connectivity index (χ4v) is 1.85. The van der Waals surface area contributed by atoms with Gasteiger partial charge in [-0.3, -0.25) is 9.78 Å². The highest BCUT2D eigenvalue weighted by atomic mass is 16.5. The van der Waals surface area contributed by atoms with E-state index in [1.165, 1.54) is 0 Å². The zero-order chi connectivity index (χ0) is 14.5. The van der Waals surface area contributed by atoms with Gasteiger partial charge in [-0.2, -0.15) is 0 Å². The van der Waals surface area contributed by atoms with Gasteiger partial charge in [-0.1, -0.05) is 6.07 Å². The molecular weight excluding hydrogens is 254 g/mol. The van der Waals surface area contributed by atoms with E-state index in [1.807, 2.05) is 19.1 Å². The molecule has 1 heterocycles. The van der Waals surface area contributed by atoms with Crippen molar-refractivity contribution in [3.05, 3.63) is 53.9 Å². The van der Waals surface area contributed by atoms with Crippen LogP contribution in [0.4, 0.5) is 5.69 Å². The van der Waals surface area contributed by atoms with E-state index in [9.17, 15) is 4.79 Å². The molecular formula is C15H17N3O2. The van der Waals surface area contributed by atoms with Crippen molar-refractivity contribution < 1.29 is 9.53 Å². The highest BCUT2D eigenvalue weighted by molar-refractivity contribution is 5.99. The Bertz CT molecular complexity index is 599. The number of amides is 1. The molecule has 0 aliphatic heterocycles. The number of nitrogens with zero attached hydrogens (tertiary/aromatic N) is 1. The van der Waals surface area contributed by atoms with Crippen LogP contribution in [0.1, 0.15) is 28.9 Å². The molecule has 2 rings (SSSR count). The van der Waals surface area contributed by atoms with Crippen molar-refractivity contribution in [2.75, 3.05) is 12.8 Å². The molecule has 1 aromatic heterocycles. The zero-order valence-electron chi connectivity index (χ0n) is 11.5. The maximum atomic E-state index is 12.3. The van der Waals surface area contributed by atoms with E-state index in [4.69, 9.17) is 10.5 Å². The molecule has 0 saturated carbocycles. The number of nitrogens with one attached hydrogen (secondary N) is 1. The van der Waals surface area contributed by atoms with Crippen molar-refractivity contribution in [2.24, 2.45) is 0 Å². The minimum Gasteiger partial charge on any atom is -0.497 e. The number of anilines is 1. The monoisotopic (exact) mass is 271 g/mol. The van der Waals surface area contributed by atoms with Crippen LogP contribution in [0.15, 0.2) is 42.7 Å². The number of methoxy groups -OCH3 is 1. The molecule has 1 amide bonds. The van der Waals surface area contributed by atoms with Gasteiger partial charge in [0.2, 0.25) is 0 Å². The molecule has 1 aromatic carbocycles. The number of nitrogen functional groups attached to an aromatic ring is 1. The van der Waals surface area contributed by atoms with Crippen LogP contribution in [0.2, 0.25) is 0 Å².